The van der Waals surface area contributed by atoms with Crippen LogP contribution in [0.5, 0.6) is 0 Å². The van der Waals surface area contributed by atoms with Crippen molar-refractivity contribution in [3.05, 3.63) is 0 Å². The van der Waals surface area contributed by atoms with Gasteiger partial charge in [-0.1, -0.05) is 96.8 Å². The first-order chi connectivity index (χ1) is 16.3. The largest absolute Gasteiger partial charge is 0.466 e. The molecule has 0 bridgehead atoms. The van der Waals surface area contributed by atoms with E-state index < -0.39 is 7.82 Å². The quantitative estimate of drug-likeness (QED) is 0.132. The van der Waals surface area contributed by atoms with Crippen LogP contribution in [0.3, 0.4) is 0 Å². The van der Waals surface area contributed by atoms with E-state index in [0.717, 1.165) is 52.2 Å². The van der Waals surface area contributed by atoms with E-state index >= 15 is 0 Å². The van der Waals surface area contributed by atoms with Crippen molar-refractivity contribution < 1.29 is 28.8 Å². The molecule has 8 nitrogen and oxygen atoms in total. The lowest BCUT2D eigenvalue weighted by Gasteiger charge is -2.26. The van der Waals surface area contributed by atoms with E-state index in [1.165, 1.54) is 89.9 Å². The summed E-state index contributed by atoms with van der Waals surface area (Å²) in [6.07, 6.45) is 22.3. The number of carbonyl (C=O) groups excluding carboxylic acids is 1. The number of hydrogen-bond donors (Lipinski definition) is 4. The molecule has 0 aromatic carbocycles. The van der Waals surface area contributed by atoms with Gasteiger partial charge in [-0.15, -0.1) is 0 Å². The average Bonchev–Trinajstić information content (AvgIpc) is 2.79. The van der Waals surface area contributed by atoms with Gasteiger partial charge in [-0.2, -0.15) is 0 Å². The Hall–Kier alpha value is -0.500. The molecular formula is C25H53N2O6P. The predicted molar refractivity (Wildman–Crippen MR) is 139 cm³/mol. The molecule has 4 N–H and O–H groups in total. The Kier molecular flexibility index (Phi) is 23.8. The van der Waals surface area contributed by atoms with Gasteiger partial charge in [0.2, 0.25) is 5.91 Å². The molecular weight excluding hydrogens is 455 g/mol. The lowest BCUT2D eigenvalue weighted by atomic mass is 10.0. The molecule has 1 saturated heterocycles. The second-order valence-corrected chi connectivity index (χ2v) is 10.4. The van der Waals surface area contributed by atoms with Crippen LogP contribution < -0.4 is 5.32 Å². The van der Waals surface area contributed by atoms with Gasteiger partial charge in [0.25, 0.3) is 0 Å². The number of nitrogens with zero attached hydrogens (tertiary/aromatic N) is 1. The number of phosphoric acid groups is 1. The molecule has 0 aromatic heterocycles. The zero-order valence-corrected chi connectivity index (χ0v) is 22.6. The summed E-state index contributed by atoms with van der Waals surface area (Å²) in [4.78, 5) is 35.9. The van der Waals surface area contributed by atoms with Crippen molar-refractivity contribution in [2.45, 2.75) is 116 Å². The Morgan fingerprint density at radius 3 is 1.62 bits per heavy atom. The monoisotopic (exact) mass is 508 g/mol. The first-order valence-electron chi connectivity index (χ1n) is 13.7. The predicted octanol–water partition coefficient (Wildman–Crippen LogP) is 5.16. The van der Waals surface area contributed by atoms with Gasteiger partial charge < -0.3 is 24.7 Å². The number of morpholine rings is 1. The lowest BCUT2D eigenvalue weighted by Crippen LogP contribution is -2.38. The highest BCUT2D eigenvalue weighted by molar-refractivity contribution is 7.45. The van der Waals surface area contributed by atoms with Crippen molar-refractivity contribution in [1.29, 1.82) is 0 Å². The van der Waals surface area contributed by atoms with Crippen LogP contribution in [0, 0.1) is 0 Å². The molecule has 1 aliphatic rings. The minimum absolute atomic E-state index is 0.238. The first-order valence-corrected chi connectivity index (χ1v) is 15.2. The molecule has 1 amide bonds. The van der Waals surface area contributed by atoms with E-state index in [-0.39, 0.29) is 5.91 Å². The third-order valence-electron chi connectivity index (χ3n) is 6.08. The fourth-order valence-corrected chi connectivity index (χ4v) is 4.10. The van der Waals surface area contributed by atoms with Gasteiger partial charge in [0, 0.05) is 26.1 Å². The van der Waals surface area contributed by atoms with E-state index in [0.29, 0.717) is 6.42 Å². The number of nitrogens with one attached hydrogen (secondary N) is 1. The Balaban J connectivity index is 0.00000196. The van der Waals surface area contributed by atoms with Crippen LogP contribution in [0.4, 0.5) is 0 Å². The van der Waals surface area contributed by atoms with Gasteiger partial charge in [-0.05, 0) is 19.4 Å². The Morgan fingerprint density at radius 1 is 0.765 bits per heavy atom. The maximum absolute atomic E-state index is 11.9. The third-order valence-corrected chi connectivity index (χ3v) is 6.08. The molecule has 0 aliphatic carbocycles. The second kappa shape index (κ2) is 24.2. The molecule has 0 radical (unpaired) electrons. The average molecular weight is 509 g/mol. The summed E-state index contributed by atoms with van der Waals surface area (Å²) < 4.78 is 14.2. The second-order valence-electron chi connectivity index (χ2n) is 9.37. The summed E-state index contributed by atoms with van der Waals surface area (Å²) in [5.41, 5.74) is 0. The van der Waals surface area contributed by atoms with Gasteiger partial charge in [-0.25, -0.2) is 4.57 Å². The molecule has 204 valence electrons. The van der Waals surface area contributed by atoms with Gasteiger partial charge >= 0.3 is 7.82 Å². The van der Waals surface area contributed by atoms with Crippen molar-refractivity contribution >= 4 is 13.7 Å². The van der Waals surface area contributed by atoms with Gasteiger partial charge in [0.1, 0.15) is 0 Å². The fraction of sp³-hybridized carbons (Fsp3) is 0.960. The smallest absolute Gasteiger partial charge is 0.379 e. The minimum atomic E-state index is -4.64. The van der Waals surface area contributed by atoms with Crippen LogP contribution in [0.25, 0.3) is 0 Å². The number of amides is 1. The van der Waals surface area contributed by atoms with Gasteiger partial charge in [-0.3, -0.25) is 9.69 Å². The molecule has 0 spiro atoms. The van der Waals surface area contributed by atoms with Crippen LogP contribution >= 0.6 is 7.82 Å². The highest BCUT2D eigenvalue weighted by Crippen LogP contribution is 2.25. The van der Waals surface area contributed by atoms with E-state index in [9.17, 15) is 4.79 Å². The molecule has 1 aliphatic heterocycles. The van der Waals surface area contributed by atoms with Crippen LogP contribution in [-0.2, 0) is 14.1 Å². The number of carbonyl (C=O) groups is 1. The van der Waals surface area contributed by atoms with Gasteiger partial charge in [0.15, 0.2) is 0 Å². The zero-order valence-electron chi connectivity index (χ0n) is 21.7. The molecule has 0 atom stereocenters. The summed E-state index contributed by atoms with van der Waals surface area (Å²) >= 11 is 0. The Labute approximate surface area is 208 Å². The molecule has 0 aromatic rings. The summed E-state index contributed by atoms with van der Waals surface area (Å²) in [6, 6.07) is 0. The molecule has 9 heteroatoms. The SMILES string of the molecule is CCCCCCCCCCCCCCCCCC(=O)NCCCN1CCOCC1.O=P(O)(O)O. The Morgan fingerprint density at radius 2 is 1.18 bits per heavy atom. The van der Waals surface area contributed by atoms with Crippen molar-refractivity contribution in [3.8, 4) is 0 Å². The molecule has 1 heterocycles. The lowest BCUT2D eigenvalue weighted by molar-refractivity contribution is -0.121. The third kappa shape index (κ3) is 29.5. The molecule has 1 fully saturated rings. The fourth-order valence-electron chi connectivity index (χ4n) is 4.10. The number of rotatable bonds is 20. The first kappa shape index (κ1) is 33.5. The highest BCUT2D eigenvalue weighted by Gasteiger charge is 2.09. The van der Waals surface area contributed by atoms with Crippen LogP contribution in [0.15, 0.2) is 0 Å². The number of ether oxygens (including phenoxy) is 1. The zero-order chi connectivity index (χ0) is 25.3. The van der Waals surface area contributed by atoms with Crippen LogP contribution in [-0.4, -0.2) is 64.9 Å². The van der Waals surface area contributed by atoms with E-state index in [4.69, 9.17) is 24.0 Å². The molecule has 34 heavy (non-hydrogen) atoms. The van der Waals surface area contributed by atoms with Crippen molar-refractivity contribution in [2.24, 2.45) is 0 Å². The Bertz CT molecular complexity index is 490. The summed E-state index contributed by atoms with van der Waals surface area (Å²) in [5, 5.41) is 3.07. The maximum atomic E-state index is 11.9. The highest BCUT2D eigenvalue weighted by atomic mass is 31.2. The summed E-state index contributed by atoms with van der Waals surface area (Å²) in [5.74, 6) is 0.238. The summed E-state index contributed by atoms with van der Waals surface area (Å²) in [6.45, 7) is 7.95. The standard InChI is InChI=1S/C25H50N2O2.H3O4P/c1-2-3-4-5-6-7-8-9-10-11-12-13-14-15-16-18-25(28)26-19-17-20-27-21-23-29-24-22-27;1-5(2,3)4/h2-24H2,1H3,(H,26,28);(H3,1,2,3,4). The summed E-state index contributed by atoms with van der Waals surface area (Å²) in [7, 11) is -4.64. The normalized spacial score (nSPS) is 14.5. The van der Waals surface area contributed by atoms with Crippen molar-refractivity contribution in [1.82, 2.24) is 10.2 Å². The van der Waals surface area contributed by atoms with Crippen molar-refractivity contribution in [2.75, 3.05) is 39.4 Å². The maximum Gasteiger partial charge on any atom is 0.466 e. The van der Waals surface area contributed by atoms with E-state index in [2.05, 4.69) is 17.1 Å². The minimum Gasteiger partial charge on any atom is -0.379 e. The van der Waals surface area contributed by atoms with Gasteiger partial charge in [0.05, 0.1) is 13.2 Å². The molecule has 1 rings (SSSR count). The number of unbranched alkanes of at least 4 members (excludes halogenated alkanes) is 14. The molecule has 0 unspecified atom stereocenters. The van der Waals surface area contributed by atoms with Crippen LogP contribution in [0.2, 0.25) is 0 Å². The molecule has 0 saturated carbocycles. The van der Waals surface area contributed by atoms with Crippen LogP contribution in [0.1, 0.15) is 116 Å². The number of hydrogen-bond acceptors (Lipinski definition) is 4. The van der Waals surface area contributed by atoms with E-state index in [1.54, 1.807) is 0 Å². The van der Waals surface area contributed by atoms with Crippen molar-refractivity contribution in [3.63, 3.8) is 0 Å². The van der Waals surface area contributed by atoms with E-state index in [1.807, 2.05) is 0 Å². The topological polar surface area (TPSA) is 119 Å².